The Kier molecular flexibility index (Phi) is 6.01. The first-order chi connectivity index (χ1) is 14.1. The normalized spacial score (nSPS) is 11.7. The van der Waals surface area contributed by atoms with Crippen molar-refractivity contribution in [3.8, 4) is 0 Å². The molecule has 0 amide bonds. The molecule has 0 spiro atoms. The van der Waals surface area contributed by atoms with E-state index >= 15 is 0 Å². The molecule has 0 bridgehead atoms. The lowest BCUT2D eigenvalue weighted by Crippen LogP contribution is -2.23. The number of aromatic nitrogens is 3. The summed E-state index contributed by atoms with van der Waals surface area (Å²) in [5, 5.41) is 1.77. The summed E-state index contributed by atoms with van der Waals surface area (Å²) in [4.78, 5) is 23.7. The topological polar surface area (TPSA) is 47.8 Å². The van der Waals surface area contributed by atoms with E-state index in [1.807, 2.05) is 16.7 Å². The lowest BCUT2D eigenvalue weighted by molar-refractivity contribution is 0.658. The SMILES string of the molecule is CCCCSc1nc2c(sc3ncccc32)c(=O)n1Cc1ccc(C(C)C)cc1. The van der Waals surface area contributed by atoms with E-state index in [4.69, 9.17) is 4.98 Å². The Bertz CT molecular complexity index is 1190. The highest BCUT2D eigenvalue weighted by molar-refractivity contribution is 7.99. The summed E-state index contributed by atoms with van der Waals surface area (Å²) in [6.45, 7) is 7.10. The van der Waals surface area contributed by atoms with Crippen LogP contribution in [0.1, 0.15) is 50.7 Å². The van der Waals surface area contributed by atoms with Gasteiger partial charge in [0.05, 0.1) is 12.1 Å². The van der Waals surface area contributed by atoms with Gasteiger partial charge >= 0.3 is 0 Å². The molecule has 0 saturated heterocycles. The fraction of sp³-hybridized carbons (Fsp3) is 0.348. The predicted octanol–water partition coefficient (Wildman–Crippen LogP) is 6.07. The van der Waals surface area contributed by atoms with Crippen LogP contribution in [0, 0.1) is 0 Å². The van der Waals surface area contributed by atoms with Crippen LogP contribution in [0.25, 0.3) is 20.4 Å². The molecule has 4 aromatic rings. The number of thioether (sulfide) groups is 1. The summed E-state index contributed by atoms with van der Waals surface area (Å²) < 4.78 is 2.53. The highest BCUT2D eigenvalue weighted by Gasteiger charge is 2.17. The van der Waals surface area contributed by atoms with Crippen LogP contribution in [-0.2, 0) is 6.54 Å². The third kappa shape index (κ3) is 4.09. The first-order valence-electron chi connectivity index (χ1n) is 10.1. The number of hydrogen-bond donors (Lipinski definition) is 0. The standard InChI is InChI=1S/C23H25N3OS2/c1-4-5-13-28-23-25-19-18-7-6-12-24-21(18)29-20(19)22(27)26(23)14-16-8-10-17(11-9-16)15(2)3/h6-12,15H,4-5,13-14H2,1-3H3. The molecule has 0 aliphatic heterocycles. The summed E-state index contributed by atoms with van der Waals surface area (Å²) in [6, 6.07) is 12.5. The average Bonchev–Trinajstić information content (AvgIpc) is 3.10. The molecule has 1 aromatic carbocycles. The van der Waals surface area contributed by atoms with Crippen LogP contribution in [0.15, 0.2) is 52.5 Å². The zero-order valence-electron chi connectivity index (χ0n) is 17.0. The van der Waals surface area contributed by atoms with Gasteiger partial charge in [-0.1, -0.05) is 63.2 Å². The minimum absolute atomic E-state index is 0.0323. The van der Waals surface area contributed by atoms with Crippen LogP contribution in [0.4, 0.5) is 0 Å². The number of nitrogens with zero attached hydrogens (tertiary/aromatic N) is 3. The molecule has 3 heterocycles. The Morgan fingerprint density at radius 2 is 1.97 bits per heavy atom. The fourth-order valence-corrected chi connectivity index (χ4v) is 5.40. The van der Waals surface area contributed by atoms with Gasteiger partial charge in [0.15, 0.2) is 5.16 Å². The highest BCUT2D eigenvalue weighted by atomic mass is 32.2. The average molecular weight is 424 g/mol. The molecule has 0 radical (unpaired) electrons. The Balaban J connectivity index is 1.81. The van der Waals surface area contributed by atoms with Gasteiger partial charge in [-0.3, -0.25) is 9.36 Å². The molecular weight excluding hydrogens is 398 g/mol. The smallest absolute Gasteiger partial charge is 0.272 e. The van der Waals surface area contributed by atoms with E-state index in [9.17, 15) is 4.79 Å². The summed E-state index contributed by atoms with van der Waals surface area (Å²) >= 11 is 3.12. The van der Waals surface area contributed by atoms with Crippen molar-refractivity contribution in [3.05, 3.63) is 64.1 Å². The Morgan fingerprint density at radius 3 is 2.69 bits per heavy atom. The largest absolute Gasteiger partial charge is 0.282 e. The Morgan fingerprint density at radius 1 is 1.17 bits per heavy atom. The van der Waals surface area contributed by atoms with E-state index < -0.39 is 0 Å². The quantitative estimate of drug-likeness (QED) is 0.206. The minimum atomic E-state index is 0.0323. The fourth-order valence-electron chi connectivity index (χ4n) is 3.29. The van der Waals surface area contributed by atoms with Gasteiger partial charge in [-0.25, -0.2) is 9.97 Å². The number of hydrogen-bond acceptors (Lipinski definition) is 5. The Labute approximate surface area is 179 Å². The second-order valence-electron chi connectivity index (χ2n) is 7.52. The summed E-state index contributed by atoms with van der Waals surface area (Å²) in [6.07, 6.45) is 4.00. The zero-order valence-corrected chi connectivity index (χ0v) is 18.6. The molecule has 0 saturated carbocycles. The third-order valence-corrected chi connectivity index (χ3v) is 7.19. The first kappa shape index (κ1) is 20.1. The molecule has 0 N–H and O–H groups in total. The van der Waals surface area contributed by atoms with Gasteiger partial charge < -0.3 is 0 Å². The van der Waals surface area contributed by atoms with Gasteiger partial charge in [-0.2, -0.15) is 0 Å². The van der Waals surface area contributed by atoms with Crippen molar-refractivity contribution in [3.63, 3.8) is 0 Å². The minimum Gasteiger partial charge on any atom is -0.282 e. The van der Waals surface area contributed by atoms with Crippen LogP contribution in [0.3, 0.4) is 0 Å². The summed E-state index contributed by atoms with van der Waals surface area (Å²) in [7, 11) is 0. The second kappa shape index (κ2) is 8.67. The first-order valence-corrected chi connectivity index (χ1v) is 11.9. The van der Waals surface area contributed by atoms with E-state index in [0.29, 0.717) is 17.2 Å². The van der Waals surface area contributed by atoms with Gasteiger partial charge in [-0.15, -0.1) is 11.3 Å². The molecule has 4 rings (SSSR count). The maximum absolute atomic E-state index is 13.4. The summed E-state index contributed by atoms with van der Waals surface area (Å²) in [5.41, 5.74) is 3.25. The van der Waals surface area contributed by atoms with E-state index in [0.717, 1.165) is 45.0 Å². The van der Waals surface area contributed by atoms with Gasteiger partial charge in [0.25, 0.3) is 5.56 Å². The third-order valence-electron chi connectivity index (χ3n) is 5.03. The molecule has 0 fully saturated rings. The summed E-state index contributed by atoms with van der Waals surface area (Å²) in [5.74, 6) is 1.46. The molecule has 29 heavy (non-hydrogen) atoms. The van der Waals surface area contributed by atoms with Crippen molar-refractivity contribution in [2.75, 3.05) is 5.75 Å². The lowest BCUT2D eigenvalue weighted by atomic mass is 10.0. The number of unbranched alkanes of at least 4 members (excludes halogenated alkanes) is 1. The maximum atomic E-state index is 13.4. The van der Waals surface area contributed by atoms with Gasteiger partial charge in [-0.05, 0) is 35.6 Å². The van der Waals surface area contributed by atoms with Crippen LogP contribution in [0.2, 0.25) is 0 Å². The predicted molar refractivity (Wildman–Crippen MR) is 124 cm³/mol. The Hall–Kier alpha value is -2.18. The van der Waals surface area contributed by atoms with Crippen LogP contribution in [0.5, 0.6) is 0 Å². The van der Waals surface area contributed by atoms with Crippen LogP contribution < -0.4 is 5.56 Å². The van der Waals surface area contributed by atoms with Crippen molar-refractivity contribution >= 4 is 43.5 Å². The van der Waals surface area contributed by atoms with Crippen molar-refractivity contribution < 1.29 is 0 Å². The molecule has 4 nitrogen and oxygen atoms in total. The molecule has 3 aromatic heterocycles. The van der Waals surface area contributed by atoms with E-state index in [-0.39, 0.29) is 5.56 Å². The molecule has 150 valence electrons. The monoisotopic (exact) mass is 423 g/mol. The molecule has 6 heteroatoms. The van der Waals surface area contributed by atoms with E-state index in [2.05, 4.69) is 50.0 Å². The number of rotatable bonds is 7. The second-order valence-corrected chi connectivity index (χ2v) is 9.58. The van der Waals surface area contributed by atoms with Crippen molar-refractivity contribution in [1.82, 2.24) is 14.5 Å². The van der Waals surface area contributed by atoms with Crippen LogP contribution >= 0.6 is 23.1 Å². The van der Waals surface area contributed by atoms with Gasteiger partial charge in [0.1, 0.15) is 9.53 Å². The number of fused-ring (bicyclic) bond motifs is 3. The lowest BCUT2D eigenvalue weighted by Gasteiger charge is -2.13. The molecule has 0 unspecified atom stereocenters. The number of pyridine rings is 1. The molecule has 0 aliphatic rings. The number of thiophene rings is 1. The van der Waals surface area contributed by atoms with Crippen LogP contribution in [-0.4, -0.2) is 20.3 Å². The number of benzene rings is 1. The highest BCUT2D eigenvalue weighted by Crippen LogP contribution is 2.31. The molecule has 0 aliphatic carbocycles. The van der Waals surface area contributed by atoms with Crippen molar-refractivity contribution in [2.24, 2.45) is 0 Å². The van der Waals surface area contributed by atoms with Crippen molar-refractivity contribution in [2.45, 2.75) is 51.2 Å². The molecule has 0 atom stereocenters. The van der Waals surface area contributed by atoms with Crippen molar-refractivity contribution in [1.29, 1.82) is 0 Å². The maximum Gasteiger partial charge on any atom is 0.272 e. The molecular formula is C23H25N3OS2. The van der Waals surface area contributed by atoms with Gasteiger partial charge in [0, 0.05) is 17.3 Å². The van der Waals surface area contributed by atoms with E-state index in [1.54, 1.807) is 18.0 Å². The van der Waals surface area contributed by atoms with Gasteiger partial charge in [0.2, 0.25) is 0 Å². The zero-order chi connectivity index (χ0) is 20.4. The van der Waals surface area contributed by atoms with E-state index in [1.165, 1.54) is 16.9 Å².